The minimum Gasteiger partial charge on any atom is -0.489 e. The Morgan fingerprint density at radius 2 is 1.55 bits per heavy atom. The summed E-state index contributed by atoms with van der Waals surface area (Å²) < 4.78 is 11.7. The van der Waals surface area contributed by atoms with Gasteiger partial charge in [-0.3, -0.25) is 4.79 Å². The Morgan fingerprint density at radius 1 is 0.921 bits per heavy atom. The fourth-order valence-electron chi connectivity index (χ4n) is 4.77. The van der Waals surface area contributed by atoms with Gasteiger partial charge in [-0.2, -0.15) is 0 Å². The summed E-state index contributed by atoms with van der Waals surface area (Å²) in [7, 11) is 0. The molecule has 4 rings (SSSR count). The van der Waals surface area contributed by atoms with Crippen LogP contribution in [0.2, 0.25) is 0 Å². The van der Waals surface area contributed by atoms with E-state index < -0.39 is 5.60 Å². The molecule has 0 unspecified atom stereocenters. The van der Waals surface area contributed by atoms with Crippen molar-refractivity contribution in [2.75, 3.05) is 6.54 Å². The molecule has 1 saturated heterocycles. The average molecular weight is 515 g/mol. The van der Waals surface area contributed by atoms with E-state index in [-0.39, 0.29) is 30.0 Å². The van der Waals surface area contributed by atoms with Crippen LogP contribution in [0, 0.1) is 0 Å². The molecule has 1 fully saturated rings. The minimum atomic E-state index is -0.595. The van der Waals surface area contributed by atoms with Crippen molar-refractivity contribution in [1.82, 2.24) is 10.2 Å². The molecular formula is C32H38N2O4. The third kappa shape index (κ3) is 7.15. The van der Waals surface area contributed by atoms with Gasteiger partial charge in [0.05, 0.1) is 18.0 Å². The maximum Gasteiger partial charge on any atom is 0.410 e. The number of nitrogens with zero attached hydrogens (tertiary/aromatic N) is 1. The molecule has 6 nitrogen and oxygen atoms in total. The van der Waals surface area contributed by atoms with Crippen molar-refractivity contribution in [3.63, 3.8) is 0 Å². The molecule has 3 atom stereocenters. The van der Waals surface area contributed by atoms with Crippen molar-refractivity contribution in [1.29, 1.82) is 0 Å². The highest BCUT2D eigenvalue weighted by Crippen LogP contribution is 2.32. The lowest BCUT2D eigenvalue weighted by atomic mass is 9.94. The Balaban J connectivity index is 1.56. The third-order valence-electron chi connectivity index (χ3n) is 6.79. The molecule has 0 aromatic heterocycles. The summed E-state index contributed by atoms with van der Waals surface area (Å²) in [6.07, 6.45) is 1.28. The Kier molecular flexibility index (Phi) is 8.72. The first kappa shape index (κ1) is 27.2. The first-order chi connectivity index (χ1) is 18.2. The smallest absolute Gasteiger partial charge is 0.410 e. The van der Waals surface area contributed by atoms with Crippen molar-refractivity contribution in [3.05, 3.63) is 102 Å². The highest BCUT2D eigenvalue weighted by atomic mass is 16.6. The van der Waals surface area contributed by atoms with Gasteiger partial charge in [-0.1, -0.05) is 72.8 Å². The molecule has 3 aromatic rings. The van der Waals surface area contributed by atoms with Gasteiger partial charge in [-0.25, -0.2) is 4.79 Å². The highest BCUT2D eigenvalue weighted by Gasteiger charge is 2.39. The zero-order valence-electron chi connectivity index (χ0n) is 22.7. The molecule has 0 aliphatic carbocycles. The molecule has 0 radical (unpaired) electrons. The topological polar surface area (TPSA) is 67.9 Å². The quantitative estimate of drug-likeness (QED) is 0.367. The van der Waals surface area contributed by atoms with E-state index in [1.54, 1.807) is 4.90 Å². The number of nitrogens with one attached hydrogen (secondary N) is 1. The van der Waals surface area contributed by atoms with Crippen LogP contribution in [0.1, 0.15) is 69.2 Å². The van der Waals surface area contributed by atoms with Crippen molar-refractivity contribution in [2.45, 2.75) is 70.7 Å². The Hall–Kier alpha value is -3.80. The fourth-order valence-corrected chi connectivity index (χ4v) is 4.77. The first-order valence-corrected chi connectivity index (χ1v) is 13.3. The standard InChI is InChI=1S/C32H38N2O4/c1-23(25-14-9-6-10-15-25)30(35)33-29(28-16-11-21-34(28)31(36)38-32(2,3)4)26-17-19-27(20-18-26)37-22-24-12-7-5-8-13-24/h5-10,12-15,17-20,23,28-29H,11,16,21-22H2,1-4H3,(H,33,35)/t23-,28-,29+/m0/s1. The zero-order chi connectivity index (χ0) is 27.1. The largest absolute Gasteiger partial charge is 0.489 e. The van der Waals surface area contributed by atoms with E-state index >= 15 is 0 Å². The molecule has 1 heterocycles. The van der Waals surface area contributed by atoms with Gasteiger partial charge in [-0.05, 0) is 69.4 Å². The number of carbonyl (C=O) groups is 2. The van der Waals surface area contributed by atoms with Gasteiger partial charge in [0.1, 0.15) is 18.0 Å². The molecular weight excluding hydrogens is 476 g/mol. The lowest BCUT2D eigenvalue weighted by Gasteiger charge is -2.34. The monoisotopic (exact) mass is 514 g/mol. The molecule has 6 heteroatoms. The van der Waals surface area contributed by atoms with Crippen LogP contribution in [-0.4, -0.2) is 35.1 Å². The number of benzene rings is 3. The van der Waals surface area contributed by atoms with Crippen molar-refractivity contribution in [3.8, 4) is 5.75 Å². The van der Waals surface area contributed by atoms with E-state index in [9.17, 15) is 9.59 Å². The normalized spacial score (nSPS) is 16.9. The number of carbonyl (C=O) groups excluding carboxylic acids is 2. The third-order valence-corrected chi connectivity index (χ3v) is 6.79. The molecule has 0 bridgehead atoms. The van der Waals surface area contributed by atoms with E-state index in [1.165, 1.54) is 0 Å². The Labute approximate surface area is 226 Å². The molecule has 1 N–H and O–H groups in total. The predicted molar refractivity (Wildman–Crippen MR) is 149 cm³/mol. The minimum absolute atomic E-state index is 0.0818. The number of hydrogen-bond acceptors (Lipinski definition) is 4. The molecule has 1 aliphatic heterocycles. The summed E-state index contributed by atoms with van der Waals surface area (Å²) in [6.45, 7) is 8.58. The summed E-state index contributed by atoms with van der Waals surface area (Å²) >= 11 is 0. The number of rotatable bonds is 8. The molecule has 1 aliphatic rings. The van der Waals surface area contributed by atoms with E-state index in [0.29, 0.717) is 13.2 Å². The Bertz CT molecular complexity index is 1190. The van der Waals surface area contributed by atoms with Crippen molar-refractivity contribution >= 4 is 12.0 Å². The van der Waals surface area contributed by atoms with Crippen LogP contribution in [0.3, 0.4) is 0 Å². The first-order valence-electron chi connectivity index (χ1n) is 13.3. The van der Waals surface area contributed by atoms with Crippen LogP contribution >= 0.6 is 0 Å². The van der Waals surface area contributed by atoms with Gasteiger partial charge in [-0.15, -0.1) is 0 Å². The molecule has 200 valence electrons. The van der Waals surface area contributed by atoms with Crippen LogP contribution < -0.4 is 10.1 Å². The maximum atomic E-state index is 13.4. The molecule has 0 spiro atoms. The van der Waals surface area contributed by atoms with Crippen LogP contribution in [0.15, 0.2) is 84.9 Å². The number of hydrogen-bond donors (Lipinski definition) is 1. The van der Waals surface area contributed by atoms with E-state index in [4.69, 9.17) is 9.47 Å². The molecule has 2 amide bonds. The summed E-state index contributed by atoms with van der Waals surface area (Å²) in [6, 6.07) is 26.9. The van der Waals surface area contributed by atoms with E-state index in [2.05, 4.69) is 5.32 Å². The highest BCUT2D eigenvalue weighted by molar-refractivity contribution is 5.83. The van der Waals surface area contributed by atoms with E-state index in [1.807, 2.05) is 113 Å². The van der Waals surface area contributed by atoms with E-state index in [0.717, 1.165) is 35.3 Å². The summed E-state index contributed by atoms with van der Waals surface area (Å²) in [5.74, 6) is 0.334. The second-order valence-electron chi connectivity index (χ2n) is 10.8. The lowest BCUT2D eigenvalue weighted by Crippen LogP contribution is -2.47. The number of likely N-dealkylation sites (tertiary alicyclic amines) is 1. The molecule has 3 aromatic carbocycles. The van der Waals surface area contributed by atoms with Crippen LogP contribution in [-0.2, 0) is 16.1 Å². The second-order valence-corrected chi connectivity index (χ2v) is 10.8. The summed E-state index contributed by atoms with van der Waals surface area (Å²) in [5.41, 5.74) is 2.37. The SMILES string of the molecule is C[C@H](C(=O)N[C@H](c1ccc(OCc2ccccc2)cc1)[C@@H]1CCCN1C(=O)OC(C)(C)C)c1ccccc1. The van der Waals surface area contributed by atoms with Gasteiger partial charge in [0.15, 0.2) is 0 Å². The molecule has 0 saturated carbocycles. The second kappa shape index (κ2) is 12.2. The van der Waals surface area contributed by atoms with Crippen LogP contribution in [0.5, 0.6) is 5.75 Å². The number of ether oxygens (including phenoxy) is 2. The maximum absolute atomic E-state index is 13.4. The Morgan fingerprint density at radius 3 is 2.18 bits per heavy atom. The summed E-state index contributed by atoms with van der Waals surface area (Å²) in [4.78, 5) is 28.3. The van der Waals surface area contributed by atoms with Crippen molar-refractivity contribution in [2.24, 2.45) is 0 Å². The predicted octanol–water partition coefficient (Wildman–Crippen LogP) is 6.63. The lowest BCUT2D eigenvalue weighted by molar-refractivity contribution is -0.123. The van der Waals surface area contributed by atoms with Crippen molar-refractivity contribution < 1.29 is 19.1 Å². The van der Waals surface area contributed by atoms with Gasteiger partial charge in [0.2, 0.25) is 5.91 Å². The summed E-state index contributed by atoms with van der Waals surface area (Å²) in [5, 5.41) is 3.27. The van der Waals surface area contributed by atoms with Gasteiger partial charge in [0, 0.05) is 6.54 Å². The van der Waals surface area contributed by atoms with Crippen LogP contribution in [0.25, 0.3) is 0 Å². The van der Waals surface area contributed by atoms with Gasteiger partial charge < -0.3 is 19.7 Å². The fraction of sp³-hybridized carbons (Fsp3) is 0.375. The van der Waals surface area contributed by atoms with Gasteiger partial charge in [0.25, 0.3) is 0 Å². The average Bonchev–Trinajstić information content (AvgIpc) is 3.40. The zero-order valence-corrected chi connectivity index (χ0v) is 22.7. The molecule has 38 heavy (non-hydrogen) atoms. The van der Waals surface area contributed by atoms with Crippen LogP contribution in [0.4, 0.5) is 4.79 Å². The number of amides is 2. The van der Waals surface area contributed by atoms with Gasteiger partial charge >= 0.3 is 6.09 Å².